The summed E-state index contributed by atoms with van der Waals surface area (Å²) in [5.41, 5.74) is 0. The third kappa shape index (κ3) is 6.17. The summed E-state index contributed by atoms with van der Waals surface area (Å²) in [5.74, 6) is 0.899. The number of likely N-dealkylation sites (tertiary alicyclic amines) is 1. The number of nitrogens with zero attached hydrogens (tertiary/aromatic N) is 2. The fourth-order valence-electron chi connectivity index (χ4n) is 3.05. The van der Waals surface area contributed by atoms with E-state index in [-0.39, 0.29) is 0 Å². The summed E-state index contributed by atoms with van der Waals surface area (Å²) in [7, 11) is 4.52. The topological polar surface area (TPSA) is 18.5 Å². The lowest BCUT2D eigenvalue weighted by molar-refractivity contribution is 0.264. The zero-order valence-electron chi connectivity index (χ0n) is 12.9. The molecule has 0 aromatic heterocycles. The molecule has 108 valence electrons. The highest BCUT2D eigenvalue weighted by Crippen LogP contribution is 2.15. The lowest BCUT2D eigenvalue weighted by Crippen LogP contribution is -2.31. The van der Waals surface area contributed by atoms with Gasteiger partial charge in [0, 0.05) is 19.1 Å². The van der Waals surface area contributed by atoms with Crippen LogP contribution in [0.4, 0.5) is 0 Å². The molecule has 1 heterocycles. The Bertz CT molecular complexity index is 208. The van der Waals surface area contributed by atoms with Gasteiger partial charge in [-0.1, -0.05) is 13.8 Å². The summed E-state index contributed by atoms with van der Waals surface area (Å²) in [5, 5.41) is 3.56. The number of rotatable bonds is 9. The van der Waals surface area contributed by atoms with E-state index in [4.69, 9.17) is 0 Å². The molecular weight excluding hydrogens is 222 g/mol. The second-order valence-corrected chi connectivity index (χ2v) is 5.98. The van der Waals surface area contributed by atoms with E-state index in [9.17, 15) is 0 Å². The summed E-state index contributed by atoms with van der Waals surface area (Å²) >= 11 is 0. The molecule has 1 rings (SSSR count). The number of nitrogens with one attached hydrogen (secondary N) is 1. The summed E-state index contributed by atoms with van der Waals surface area (Å²) in [4.78, 5) is 4.99. The minimum absolute atomic E-state index is 0.723. The van der Waals surface area contributed by atoms with E-state index in [1.165, 1.54) is 51.9 Å². The molecule has 0 spiro atoms. The van der Waals surface area contributed by atoms with Gasteiger partial charge in [-0.2, -0.15) is 0 Å². The first-order valence-electron chi connectivity index (χ1n) is 7.76. The Morgan fingerprint density at radius 3 is 2.72 bits per heavy atom. The lowest BCUT2D eigenvalue weighted by atomic mass is 10.1. The molecule has 0 amide bonds. The van der Waals surface area contributed by atoms with Crippen LogP contribution in [-0.4, -0.2) is 62.7 Å². The standard InChI is InChI=1S/C15H33N3/c1-5-15(16-6-2)8-7-10-17(3)12-14-9-11-18(4)13-14/h14-16H,5-13H2,1-4H3. The van der Waals surface area contributed by atoms with Gasteiger partial charge in [-0.25, -0.2) is 0 Å². The second kappa shape index (κ2) is 8.89. The number of hydrogen-bond donors (Lipinski definition) is 1. The molecule has 0 bridgehead atoms. The first kappa shape index (κ1) is 15.9. The summed E-state index contributed by atoms with van der Waals surface area (Å²) in [6.45, 7) is 10.7. The molecule has 1 fully saturated rings. The zero-order chi connectivity index (χ0) is 13.4. The van der Waals surface area contributed by atoms with Crippen LogP contribution in [0, 0.1) is 5.92 Å². The summed E-state index contributed by atoms with van der Waals surface area (Å²) in [6, 6.07) is 0.723. The quantitative estimate of drug-likeness (QED) is 0.680. The van der Waals surface area contributed by atoms with Gasteiger partial charge in [0.2, 0.25) is 0 Å². The molecule has 1 saturated heterocycles. The second-order valence-electron chi connectivity index (χ2n) is 5.98. The highest BCUT2D eigenvalue weighted by atomic mass is 15.1. The third-order valence-corrected chi connectivity index (χ3v) is 4.14. The molecule has 1 N–H and O–H groups in total. The van der Waals surface area contributed by atoms with Gasteiger partial charge in [-0.15, -0.1) is 0 Å². The predicted molar refractivity (Wildman–Crippen MR) is 80.1 cm³/mol. The summed E-state index contributed by atoms with van der Waals surface area (Å²) in [6.07, 6.45) is 5.28. The van der Waals surface area contributed by atoms with Crippen molar-refractivity contribution in [1.29, 1.82) is 0 Å². The maximum atomic E-state index is 3.56. The fraction of sp³-hybridized carbons (Fsp3) is 1.00. The molecule has 0 saturated carbocycles. The minimum Gasteiger partial charge on any atom is -0.314 e. The summed E-state index contributed by atoms with van der Waals surface area (Å²) < 4.78 is 0. The molecule has 3 nitrogen and oxygen atoms in total. The van der Waals surface area contributed by atoms with E-state index in [0.717, 1.165) is 18.5 Å². The highest BCUT2D eigenvalue weighted by Gasteiger charge is 2.20. The van der Waals surface area contributed by atoms with Crippen LogP contribution in [0.25, 0.3) is 0 Å². The van der Waals surface area contributed by atoms with Gasteiger partial charge in [-0.3, -0.25) is 0 Å². The Balaban J connectivity index is 2.07. The van der Waals surface area contributed by atoms with Crippen LogP contribution < -0.4 is 5.32 Å². The molecule has 2 atom stereocenters. The van der Waals surface area contributed by atoms with Crippen LogP contribution in [0.3, 0.4) is 0 Å². The van der Waals surface area contributed by atoms with Crippen LogP contribution in [0.15, 0.2) is 0 Å². The van der Waals surface area contributed by atoms with Gasteiger partial charge < -0.3 is 15.1 Å². The highest BCUT2D eigenvalue weighted by molar-refractivity contribution is 4.75. The molecule has 0 radical (unpaired) electrons. The van der Waals surface area contributed by atoms with E-state index in [1.54, 1.807) is 0 Å². The van der Waals surface area contributed by atoms with Crippen molar-refractivity contribution in [3.63, 3.8) is 0 Å². The van der Waals surface area contributed by atoms with E-state index in [1.807, 2.05) is 0 Å². The van der Waals surface area contributed by atoms with Gasteiger partial charge in [0.25, 0.3) is 0 Å². The Morgan fingerprint density at radius 2 is 2.17 bits per heavy atom. The largest absolute Gasteiger partial charge is 0.314 e. The van der Waals surface area contributed by atoms with Crippen LogP contribution >= 0.6 is 0 Å². The SMILES string of the molecule is CCNC(CC)CCCN(C)CC1CCN(C)C1. The van der Waals surface area contributed by atoms with Crippen LogP contribution in [0.1, 0.15) is 39.5 Å². The van der Waals surface area contributed by atoms with Crippen molar-refractivity contribution in [2.75, 3.05) is 46.8 Å². The molecule has 3 heteroatoms. The van der Waals surface area contributed by atoms with Crippen molar-refractivity contribution in [2.45, 2.75) is 45.6 Å². The van der Waals surface area contributed by atoms with Crippen molar-refractivity contribution in [3.8, 4) is 0 Å². The molecular formula is C15H33N3. The lowest BCUT2D eigenvalue weighted by Gasteiger charge is -2.22. The van der Waals surface area contributed by atoms with Gasteiger partial charge in [0.15, 0.2) is 0 Å². The van der Waals surface area contributed by atoms with E-state index >= 15 is 0 Å². The van der Waals surface area contributed by atoms with Gasteiger partial charge in [-0.05, 0) is 65.3 Å². The first-order chi connectivity index (χ1) is 8.65. The Hall–Kier alpha value is -0.120. The molecule has 2 unspecified atom stereocenters. The third-order valence-electron chi connectivity index (χ3n) is 4.14. The first-order valence-corrected chi connectivity index (χ1v) is 7.76. The maximum absolute atomic E-state index is 3.56. The van der Waals surface area contributed by atoms with Crippen LogP contribution in [0.5, 0.6) is 0 Å². The van der Waals surface area contributed by atoms with Crippen molar-refractivity contribution in [1.82, 2.24) is 15.1 Å². The molecule has 0 aromatic carbocycles. The van der Waals surface area contributed by atoms with E-state index in [2.05, 4.69) is 43.1 Å². The molecule has 0 aliphatic carbocycles. The van der Waals surface area contributed by atoms with Crippen molar-refractivity contribution in [2.24, 2.45) is 5.92 Å². The van der Waals surface area contributed by atoms with Crippen molar-refractivity contribution >= 4 is 0 Å². The van der Waals surface area contributed by atoms with E-state index in [0.29, 0.717) is 0 Å². The fourth-order valence-corrected chi connectivity index (χ4v) is 3.05. The Morgan fingerprint density at radius 1 is 1.39 bits per heavy atom. The minimum atomic E-state index is 0.723. The molecule has 1 aliphatic heterocycles. The Kier molecular flexibility index (Phi) is 7.87. The smallest absolute Gasteiger partial charge is 0.00647 e. The predicted octanol–water partition coefficient (Wildman–Crippen LogP) is 2.04. The van der Waals surface area contributed by atoms with Crippen LogP contribution in [-0.2, 0) is 0 Å². The normalized spacial score (nSPS) is 22.8. The van der Waals surface area contributed by atoms with Crippen LogP contribution in [0.2, 0.25) is 0 Å². The van der Waals surface area contributed by atoms with Gasteiger partial charge >= 0.3 is 0 Å². The molecule has 18 heavy (non-hydrogen) atoms. The monoisotopic (exact) mass is 255 g/mol. The van der Waals surface area contributed by atoms with Crippen molar-refractivity contribution < 1.29 is 0 Å². The van der Waals surface area contributed by atoms with Gasteiger partial charge in [0.05, 0.1) is 0 Å². The maximum Gasteiger partial charge on any atom is 0.00647 e. The Labute approximate surface area is 114 Å². The van der Waals surface area contributed by atoms with E-state index < -0.39 is 0 Å². The molecule has 0 aromatic rings. The van der Waals surface area contributed by atoms with Gasteiger partial charge in [0.1, 0.15) is 0 Å². The zero-order valence-corrected chi connectivity index (χ0v) is 12.9. The molecule has 1 aliphatic rings. The average molecular weight is 255 g/mol. The van der Waals surface area contributed by atoms with Crippen molar-refractivity contribution in [3.05, 3.63) is 0 Å². The number of hydrogen-bond acceptors (Lipinski definition) is 3. The average Bonchev–Trinajstić information content (AvgIpc) is 2.73.